The number of halogens is 3. The number of hydrogen-bond donors (Lipinski definition) is 1. The molecule has 0 radical (unpaired) electrons. The molecule has 2 rings (SSSR count). The zero-order chi connectivity index (χ0) is 17.7. The van der Waals surface area contributed by atoms with Crippen LogP contribution in [0.15, 0.2) is 42.5 Å². The van der Waals surface area contributed by atoms with E-state index in [1.807, 2.05) is 0 Å². The summed E-state index contributed by atoms with van der Waals surface area (Å²) in [4.78, 5) is 23.6. The number of hydrogen-bond acceptors (Lipinski definition) is 3. The molecule has 0 spiro atoms. The predicted molar refractivity (Wildman–Crippen MR) is 84.7 cm³/mol. The fraction of sp³-hybridized carbons (Fsp3) is 0.176. The molecule has 1 amide bonds. The summed E-state index contributed by atoms with van der Waals surface area (Å²) in [6, 6.07) is 8.47. The van der Waals surface area contributed by atoms with Crippen LogP contribution < -0.4 is 5.32 Å². The molecule has 1 atom stereocenters. The molecule has 7 heteroatoms. The molecule has 0 aliphatic heterocycles. The molecule has 0 aromatic heterocycles. The highest BCUT2D eigenvalue weighted by molar-refractivity contribution is 6.30. The van der Waals surface area contributed by atoms with Gasteiger partial charge >= 0.3 is 5.97 Å². The first-order chi connectivity index (χ1) is 11.4. The minimum atomic E-state index is -0.765. The van der Waals surface area contributed by atoms with Crippen molar-refractivity contribution in [2.24, 2.45) is 0 Å². The van der Waals surface area contributed by atoms with Crippen LogP contribution in [0.4, 0.5) is 8.78 Å². The Bertz CT molecular complexity index is 767. The summed E-state index contributed by atoms with van der Waals surface area (Å²) < 4.78 is 31.4. The Morgan fingerprint density at radius 3 is 2.62 bits per heavy atom. The number of nitrogens with one attached hydrogen (secondary N) is 1. The second-order valence-electron chi connectivity index (χ2n) is 5.04. The van der Waals surface area contributed by atoms with Crippen LogP contribution in [0.5, 0.6) is 0 Å². The molecule has 0 heterocycles. The van der Waals surface area contributed by atoms with Gasteiger partial charge in [0.15, 0.2) is 6.61 Å². The van der Waals surface area contributed by atoms with Crippen LogP contribution in [0.1, 0.15) is 28.9 Å². The molecule has 4 nitrogen and oxygen atoms in total. The molecule has 2 aromatic carbocycles. The second kappa shape index (κ2) is 7.88. The Labute approximate surface area is 142 Å². The zero-order valence-corrected chi connectivity index (χ0v) is 13.4. The second-order valence-corrected chi connectivity index (χ2v) is 5.48. The Hall–Kier alpha value is -2.47. The van der Waals surface area contributed by atoms with Gasteiger partial charge in [-0.1, -0.05) is 23.7 Å². The van der Waals surface area contributed by atoms with E-state index in [2.05, 4.69) is 5.32 Å². The Balaban J connectivity index is 1.90. The summed E-state index contributed by atoms with van der Waals surface area (Å²) in [5.41, 5.74) is 0.346. The van der Waals surface area contributed by atoms with E-state index in [1.54, 1.807) is 12.1 Å². The number of amides is 1. The summed E-state index contributed by atoms with van der Waals surface area (Å²) in [7, 11) is 0. The van der Waals surface area contributed by atoms with Crippen LogP contribution in [0.2, 0.25) is 5.02 Å². The van der Waals surface area contributed by atoms with E-state index in [9.17, 15) is 18.4 Å². The van der Waals surface area contributed by atoms with Gasteiger partial charge in [0.25, 0.3) is 5.91 Å². The zero-order valence-electron chi connectivity index (χ0n) is 12.7. The lowest BCUT2D eigenvalue weighted by molar-refractivity contribution is -0.124. The van der Waals surface area contributed by atoms with Crippen molar-refractivity contribution >= 4 is 23.5 Å². The summed E-state index contributed by atoms with van der Waals surface area (Å²) >= 11 is 5.76. The van der Waals surface area contributed by atoms with Gasteiger partial charge in [0.2, 0.25) is 0 Å². The average molecular weight is 354 g/mol. The number of benzene rings is 2. The van der Waals surface area contributed by atoms with Crippen LogP contribution in [0.3, 0.4) is 0 Å². The molecule has 0 aliphatic rings. The number of carbonyl (C=O) groups excluding carboxylic acids is 2. The highest BCUT2D eigenvalue weighted by atomic mass is 35.5. The van der Waals surface area contributed by atoms with Gasteiger partial charge in [0.05, 0.1) is 11.6 Å². The third kappa shape index (κ3) is 4.76. The smallest absolute Gasteiger partial charge is 0.338 e. The minimum Gasteiger partial charge on any atom is -0.452 e. The van der Waals surface area contributed by atoms with Crippen LogP contribution >= 0.6 is 11.6 Å². The molecule has 0 aliphatic carbocycles. The largest absolute Gasteiger partial charge is 0.452 e. The molecule has 0 bridgehead atoms. The van der Waals surface area contributed by atoms with E-state index < -0.39 is 36.2 Å². The molecule has 0 unspecified atom stereocenters. The van der Waals surface area contributed by atoms with E-state index in [-0.39, 0.29) is 11.1 Å². The maximum atomic E-state index is 13.6. The van der Waals surface area contributed by atoms with E-state index >= 15 is 0 Å². The Morgan fingerprint density at radius 1 is 1.21 bits per heavy atom. The van der Waals surface area contributed by atoms with Crippen LogP contribution in [-0.4, -0.2) is 18.5 Å². The van der Waals surface area contributed by atoms with Crippen molar-refractivity contribution in [3.63, 3.8) is 0 Å². The molecule has 1 N–H and O–H groups in total. The molecular weight excluding hydrogens is 340 g/mol. The number of esters is 1. The predicted octanol–water partition coefficient (Wildman–Crippen LogP) is 3.65. The van der Waals surface area contributed by atoms with Crippen molar-refractivity contribution in [3.05, 3.63) is 70.2 Å². The monoisotopic (exact) mass is 353 g/mol. The van der Waals surface area contributed by atoms with Crippen molar-refractivity contribution in [2.45, 2.75) is 13.0 Å². The molecule has 0 saturated heterocycles. The van der Waals surface area contributed by atoms with E-state index in [4.69, 9.17) is 16.3 Å². The first-order valence-corrected chi connectivity index (χ1v) is 7.41. The van der Waals surface area contributed by atoms with Crippen molar-refractivity contribution < 1.29 is 23.1 Å². The van der Waals surface area contributed by atoms with Crippen molar-refractivity contribution in [1.29, 1.82) is 0 Å². The third-order valence-corrected chi connectivity index (χ3v) is 3.44. The van der Waals surface area contributed by atoms with E-state index in [0.717, 1.165) is 12.1 Å². The summed E-state index contributed by atoms with van der Waals surface area (Å²) in [5, 5.41) is 2.84. The third-order valence-electron chi connectivity index (χ3n) is 3.20. The molecule has 0 fully saturated rings. The summed E-state index contributed by atoms with van der Waals surface area (Å²) in [6.45, 7) is 1.01. The molecule has 126 valence electrons. The SMILES string of the molecule is C[C@H](NC(=O)COC(=O)c1cccc(Cl)c1)c1ccc(F)cc1F. The number of ether oxygens (including phenoxy) is 1. The van der Waals surface area contributed by atoms with Gasteiger partial charge in [0, 0.05) is 16.7 Å². The highest BCUT2D eigenvalue weighted by Crippen LogP contribution is 2.17. The topological polar surface area (TPSA) is 55.4 Å². The fourth-order valence-corrected chi connectivity index (χ4v) is 2.23. The van der Waals surface area contributed by atoms with Gasteiger partial charge in [-0.05, 0) is 31.2 Å². The van der Waals surface area contributed by atoms with Gasteiger partial charge in [-0.3, -0.25) is 4.79 Å². The quantitative estimate of drug-likeness (QED) is 0.835. The van der Waals surface area contributed by atoms with Crippen LogP contribution in [0, 0.1) is 11.6 Å². The lowest BCUT2D eigenvalue weighted by Crippen LogP contribution is -2.31. The first kappa shape index (κ1) is 17.9. The first-order valence-electron chi connectivity index (χ1n) is 7.04. The normalized spacial score (nSPS) is 11.7. The number of carbonyl (C=O) groups is 2. The Morgan fingerprint density at radius 2 is 1.96 bits per heavy atom. The maximum absolute atomic E-state index is 13.6. The van der Waals surface area contributed by atoms with Gasteiger partial charge in [-0.2, -0.15) is 0 Å². The van der Waals surface area contributed by atoms with Gasteiger partial charge in [-0.25, -0.2) is 13.6 Å². The lowest BCUT2D eigenvalue weighted by Gasteiger charge is -2.15. The van der Waals surface area contributed by atoms with Gasteiger partial charge < -0.3 is 10.1 Å². The van der Waals surface area contributed by atoms with Gasteiger partial charge in [-0.15, -0.1) is 0 Å². The average Bonchev–Trinajstić information content (AvgIpc) is 2.52. The highest BCUT2D eigenvalue weighted by Gasteiger charge is 2.16. The van der Waals surface area contributed by atoms with E-state index in [0.29, 0.717) is 5.02 Å². The van der Waals surface area contributed by atoms with Crippen molar-refractivity contribution in [1.82, 2.24) is 5.32 Å². The van der Waals surface area contributed by atoms with Gasteiger partial charge in [0.1, 0.15) is 11.6 Å². The molecule has 0 saturated carbocycles. The maximum Gasteiger partial charge on any atom is 0.338 e. The van der Waals surface area contributed by atoms with Crippen molar-refractivity contribution in [3.8, 4) is 0 Å². The molecular formula is C17H14ClF2NO3. The molecule has 2 aromatic rings. The number of rotatable bonds is 5. The lowest BCUT2D eigenvalue weighted by atomic mass is 10.1. The summed E-state index contributed by atoms with van der Waals surface area (Å²) in [5.74, 6) is -2.78. The standard InChI is InChI=1S/C17H14ClF2NO3/c1-10(14-6-5-13(19)8-15(14)20)21-16(22)9-24-17(23)11-3-2-4-12(18)7-11/h2-8,10H,9H2,1H3,(H,21,22)/t10-/m0/s1. The van der Waals surface area contributed by atoms with Crippen LogP contribution in [0.25, 0.3) is 0 Å². The fourth-order valence-electron chi connectivity index (χ4n) is 2.04. The van der Waals surface area contributed by atoms with Crippen molar-refractivity contribution in [2.75, 3.05) is 6.61 Å². The summed E-state index contributed by atoms with van der Waals surface area (Å²) in [6.07, 6.45) is 0. The minimum absolute atomic E-state index is 0.130. The van der Waals surface area contributed by atoms with E-state index in [1.165, 1.54) is 25.1 Å². The Kier molecular flexibility index (Phi) is 5.87. The van der Waals surface area contributed by atoms with Crippen LogP contribution in [-0.2, 0) is 9.53 Å². The molecule has 24 heavy (non-hydrogen) atoms.